The van der Waals surface area contributed by atoms with Gasteiger partial charge in [-0.05, 0) is 62.1 Å². The van der Waals surface area contributed by atoms with Crippen molar-refractivity contribution in [2.75, 3.05) is 10.7 Å². The Balaban J connectivity index is 0.000000319. The van der Waals surface area contributed by atoms with E-state index in [2.05, 4.69) is 165 Å². The van der Waals surface area contributed by atoms with E-state index in [0.29, 0.717) is 0 Å². The van der Waals surface area contributed by atoms with Gasteiger partial charge in [0.15, 0.2) is 23.8 Å². The van der Waals surface area contributed by atoms with Gasteiger partial charge in [-0.2, -0.15) is 0 Å². The molecule has 2 heterocycles. The average molecular weight is 791 g/mol. The van der Waals surface area contributed by atoms with Crippen LogP contribution in [0.2, 0.25) is 0 Å². The minimum absolute atomic E-state index is 0.884. The van der Waals surface area contributed by atoms with Crippen molar-refractivity contribution in [1.29, 1.82) is 0 Å². The Morgan fingerprint density at radius 1 is 0.460 bits per heavy atom. The molecule has 0 saturated heterocycles. The summed E-state index contributed by atoms with van der Waals surface area (Å²) in [7, 11) is 0. The van der Waals surface area contributed by atoms with Crippen LogP contribution in [0.4, 0.5) is 0 Å². The first kappa shape index (κ1) is 40.4. The maximum Gasteiger partial charge on any atom is 0.178 e. The highest BCUT2D eigenvalue weighted by atomic mass is 79.9. The molecule has 2 aromatic carbocycles. The Hall–Kier alpha value is -4.06. The van der Waals surface area contributed by atoms with Crippen LogP contribution in [0.5, 0.6) is 0 Å². The topological polar surface area (TPSA) is 7.76 Å². The fraction of sp³-hybridized carbons (Fsp3) is 0.348. The molecule has 0 aliphatic carbocycles. The molecule has 0 aliphatic rings. The molecule has 0 radical (unpaired) electrons. The van der Waals surface area contributed by atoms with Crippen molar-refractivity contribution in [2.24, 2.45) is 0 Å². The van der Waals surface area contributed by atoms with Crippen LogP contribution in [0.3, 0.4) is 0 Å². The van der Waals surface area contributed by atoms with Crippen LogP contribution in [0.25, 0.3) is 0 Å². The summed E-state index contributed by atoms with van der Waals surface area (Å²) in [6.45, 7) is 10.6. The van der Waals surface area contributed by atoms with Gasteiger partial charge in [0.1, 0.15) is 13.1 Å². The quantitative estimate of drug-likeness (QED) is 0.0655. The summed E-state index contributed by atoms with van der Waals surface area (Å²) >= 11 is 6.81. The number of alkyl halides is 2. The van der Waals surface area contributed by atoms with Gasteiger partial charge in [0, 0.05) is 110 Å². The van der Waals surface area contributed by atoms with Gasteiger partial charge in [-0.3, -0.25) is 0 Å². The van der Waals surface area contributed by atoms with Crippen LogP contribution in [0.15, 0.2) is 85.2 Å². The highest BCUT2D eigenvalue weighted by Gasteiger charge is 2.06. The first-order valence-electron chi connectivity index (χ1n) is 17.6. The van der Waals surface area contributed by atoms with Crippen molar-refractivity contribution in [3.63, 3.8) is 0 Å². The van der Waals surface area contributed by atoms with Crippen LogP contribution >= 0.6 is 31.9 Å². The maximum absolute atomic E-state index is 3.41. The van der Waals surface area contributed by atoms with E-state index in [4.69, 9.17) is 0 Å². The van der Waals surface area contributed by atoms with E-state index >= 15 is 0 Å². The third kappa shape index (κ3) is 15.7. The second kappa shape index (κ2) is 24.2. The molecule has 0 fully saturated rings. The number of aryl methyl sites for hydroxylation is 6. The van der Waals surface area contributed by atoms with Crippen LogP contribution in [-0.2, 0) is 13.1 Å². The molecule has 0 aliphatic heterocycles. The molecule has 0 atom stereocenters. The molecule has 0 saturated carbocycles. The predicted octanol–water partition coefficient (Wildman–Crippen LogP) is 9.90. The van der Waals surface area contributed by atoms with Crippen molar-refractivity contribution in [2.45, 2.75) is 92.2 Å². The van der Waals surface area contributed by atoms with Gasteiger partial charge in [-0.15, -0.1) is 0 Å². The lowest BCUT2D eigenvalue weighted by atomic mass is 10.1. The Kier molecular flexibility index (Phi) is 19.5. The zero-order valence-electron chi connectivity index (χ0n) is 30.2. The molecule has 0 spiro atoms. The third-order valence-corrected chi connectivity index (χ3v) is 8.95. The fourth-order valence-corrected chi connectivity index (χ4v) is 5.65. The maximum atomic E-state index is 3.41. The van der Waals surface area contributed by atoms with Crippen molar-refractivity contribution in [1.82, 2.24) is 0 Å². The Morgan fingerprint density at radius 3 is 1.08 bits per heavy atom. The van der Waals surface area contributed by atoms with Crippen molar-refractivity contribution in [3.05, 3.63) is 130 Å². The predicted molar refractivity (Wildman–Crippen MR) is 217 cm³/mol. The van der Waals surface area contributed by atoms with E-state index in [1.165, 1.54) is 22.5 Å². The highest BCUT2D eigenvalue weighted by Crippen LogP contribution is 2.08. The number of hydrogen-bond donors (Lipinski definition) is 0. The van der Waals surface area contributed by atoms with E-state index in [1.54, 1.807) is 0 Å². The van der Waals surface area contributed by atoms with Gasteiger partial charge in [-0.25, -0.2) is 9.13 Å². The Morgan fingerprint density at radius 2 is 0.780 bits per heavy atom. The SMILES string of the molecule is BrCCCC#Cc1ccccc1C#CCCCBr.Cc1cc[n+](CCCC#Cc2ccccc2C#CCCC[n+]2ccc(C)cc2C)c(C)c1. The first-order chi connectivity index (χ1) is 24.4. The zero-order valence-corrected chi connectivity index (χ0v) is 33.4. The molecule has 2 nitrogen and oxygen atoms in total. The molecule has 4 heteroatoms. The number of aromatic nitrogens is 2. The lowest BCUT2D eigenvalue weighted by molar-refractivity contribution is -0.703. The van der Waals surface area contributed by atoms with E-state index in [-0.39, 0.29) is 0 Å². The van der Waals surface area contributed by atoms with E-state index in [0.717, 1.165) is 97.4 Å². The smallest absolute Gasteiger partial charge is 0.178 e. The molecule has 0 unspecified atom stereocenters. The van der Waals surface area contributed by atoms with Crippen molar-refractivity contribution in [3.8, 4) is 47.4 Å². The van der Waals surface area contributed by atoms with Crippen LogP contribution in [0, 0.1) is 75.1 Å². The number of rotatable bonds is 10. The van der Waals surface area contributed by atoms with Gasteiger partial charge < -0.3 is 0 Å². The molecule has 0 amide bonds. The average Bonchev–Trinajstić information content (AvgIpc) is 3.11. The molecule has 0 bridgehead atoms. The van der Waals surface area contributed by atoms with Gasteiger partial charge in [0.05, 0.1) is 0 Å². The van der Waals surface area contributed by atoms with E-state index < -0.39 is 0 Å². The summed E-state index contributed by atoms with van der Waals surface area (Å²) in [4.78, 5) is 0. The number of unbranched alkanes of at least 4 members (excludes halogenated alkanes) is 4. The standard InChI is InChI=1S/C30H34N2.C16H16Br2/c1-25-17-21-31(27(3)23-25)19-11-5-7-13-29-15-9-10-16-30(29)14-8-6-12-20-32-22-18-26(2)24-28(32)4;17-13-7-1-3-9-15-11-5-6-12-16(15)10-4-2-8-14-18/h9-10,15-18,21-24H,5-6,11-12,19-20H2,1-4H3;5-6,11-12H,1-2,7-8,13-14H2/q+2;. The Bertz CT molecular complexity index is 1770. The minimum atomic E-state index is 0.884. The van der Waals surface area contributed by atoms with Crippen LogP contribution in [0.1, 0.15) is 96.1 Å². The van der Waals surface area contributed by atoms with Gasteiger partial charge in [0.25, 0.3) is 0 Å². The number of halogens is 2. The lowest BCUT2D eigenvalue weighted by Crippen LogP contribution is -2.36. The van der Waals surface area contributed by atoms with E-state index in [1.807, 2.05) is 36.4 Å². The first-order valence-corrected chi connectivity index (χ1v) is 19.8. The van der Waals surface area contributed by atoms with Crippen LogP contribution in [-0.4, -0.2) is 10.7 Å². The van der Waals surface area contributed by atoms with Crippen molar-refractivity contribution < 1.29 is 9.13 Å². The molecule has 0 N–H and O–H groups in total. The van der Waals surface area contributed by atoms with Gasteiger partial charge >= 0.3 is 0 Å². The third-order valence-electron chi connectivity index (χ3n) is 7.83. The Labute approximate surface area is 319 Å². The van der Waals surface area contributed by atoms with Gasteiger partial charge in [0.2, 0.25) is 0 Å². The fourth-order valence-electron chi connectivity index (χ4n) is 5.09. The largest absolute Gasteiger partial charge is 0.203 e. The summed E-state index contributed by atoms with van der Waals surface area (Å²) < 4.78 is 4.59. The zero-order chi connectivity index (χ0) is 35.8. The monoisotopic (exact) mass is 788 g/mol. The second-order valence-electron chi connectivity index (χ2n) is 12.2. The molecule has 256 valence electrons. The molecule has 2 aromatic heterocycles. The number of nitrogens with zero attached hydrogens (tertiary/aromatic N) is 2. The summed E-state index contributed by atoms with van der Waals surface area (Å²) in [5.74, 6) is 26.2. The summed E-state index contributed by atoms with van der Waals surface area (Å²) in [5, 5.41) is 2.02. The van der Waals surface area contributed by atoms with Gasteiger partial charge in [-0.1, -0.05) is 103 Å². The molecule has 4 rings (SSSR count). The summed E-state index contributed by atoms with van der Waals surface area (Å²) in [5.41, 5.74) is 9.35. The number of hydrogen-bond acceptors (Lipinski definition) is 0. The second-order valence-corrected chi connectivity index (χ2v) is 13.8. The number of pyridine rings is 2. The van der Waals surface area contributed by atoms with E-state index in [9.17, 15) is 0 Å². The minimum Gasteiger partial charge on any atom is -0.203 e. The summed E-state index contributed by atoms with van der Waals surface area (Å²) in [6, 6.07) is 25.1. The molecular weight excluding hydrogens is 740 g/mol. The number of benzene rings is 2. The molecule has 4 aromatic rings. The molecule has 50 heavy (non-hydrogen) atoms. The van der Waals surface area contributed by atoms with Crippen molar-refractivity contribution >= 4 is 31.9 Å². The lowest BCUT2D eigenvalue weighted by Gasteiger charge is -2.00. The normalized spacial score (nSPS) is 9.72. The summed E-state index contributed by atoms with van der Waals surface area (Å²) in [6.07, 6.45) is 12.2. The molecular formula is C46H50Br2N2+2. The van der Waals surface area contributed by atoms with Crippen LogP contribution < -0.4 is 9.13 Å². The highest BCUT2D eigenvalue weighted by molar-refractivity contribution is 9.09.